The minimum atomic E-state index is -0.992. The van der Waals surface area contributed by atoms with E-state index < -0.39 is 18.5 Å². The van der Waals surface area contributed by atoms with Crippen molar-refractivity contribution >= 4 is 27.9 Å². The number of nitrogens with one attached hydrogen (secondary N) is 1. The van der Waals surface area contributed by atoms with Gasteiger partial charge in [0.1, 0.15) is 17.0 Å². The highest BCUT2D eigenvalue weighted by molar-refractivity contribution is 6.07. The number of aliphatic hydroxyl groups is 2. The molecule has 0 bridgehead atoms. The molecule has 5 N–H and O–H groups in total. The minimum Gasteiger partial charge on any atom is -0.394 e. The predicted octanol–water partition coefficient (Wildman–Crippen LogP) is 1.58. The van der Waals surface area contributed by atoms with Gasteiger partial charge in [-0.25, -0.2) is 14.4 Å². The maximum absolute atomic E-state index is 14.2. The number of benzene rings is 1. The summed E-state index contributed by atoms with van der Waals surface area (Å²) in [5.74, 6) is 0.205. The van der Waals surface area contributed by atoms with Crippen LogP contribution >= 0.6 is 0 Å². The van der Waals surface area contributed by atoms with Crippen LogP contribution in [0.3, 0.4) is 0 Å². The molecule has 0 aliphatic carbocycles. The average Bonchev–Trinajstić information content (AvgIpc) is 3.27. The van der Waals surface area contributed by atoms with E-state index in [2.05, 4.69) is 10.3 Å². The van der Waals surface area contributed by atoms with Crippen molar-refractivity contribution in [3.8, 4) is 11.3 Å². The standard InChI is InChI=1S/C20H23FN6O2/c1-23-19-17-18(26(2)10-24-17)15-6-16(12-3-11(7-22)4-13(21)5-12)27(20(15)25-19)8-14(29)9-28/h3-6,10,14,28-29H,7-9,22H2,1-2H3,(H,23,25)/t14-/m0/s1. The molecule has 0 spiro atoms. The van der Waals surface area contributed by atoms with E-state index >= 15 is 0 Å². The van der Waals surface area contributed by atoms with Crippen LogP contribution in [0.1, 0.15) is 5.56 Å². The molecule has 0 aliphatic rings. The van der Waals surface area contributed by atoms with Gasteiger partial charge in [0.15, 0.2) is 5.82 Å². The van der Waals surface area contributed by atoms with Crippen LogP contribution in [0, 0.1) is 5.82 Å². The molecule has 4 rings (SSSR count). The molecule has 1 aromatic carbocycles. The number of hydrogen-bond acceptors (Lipinski definition) is 6. The Bertz CT molecular complexity index is 1200. The lowest BCUT2D eigenvalue weighted by Gasteiger charge is -2.15. The Morgan fingerprint density at radius 2 is 2.07 bits per heavy atom. The zero-order chi connectivity index (χ0) is 20.7. The number of fused-ring (bicyclic) bond motifs is 3. The van der Waals surface area contributed by atoms with Gasteiger partial charge in [-0.15, -0.1) is 0 Å². The number of pyridine rings is 1. The Kier molecular flexibility index (Phi) is 4.95. The Balaban J connectivity index is 2.08. The molecule has 0 amide bonds. The monoisotopic (exact) mass is 398 g/mol. The fourth-order valence-corrected chi connectivity index (χ4v) is 3.70. The van der Waals surface area contributed by atoms with Gasteiger partial charge in [0.05, 0.1) is 36.8 Å². The van der Waals surface area contributed by atoms with Gasteiger partial charge < -0.3 is 30.4 Å². The summed E-state index contributed by atoms with van der Waals surface area (Å²) in [5.41, 5.74) is 9.86. The van der Waals surface area contributed by atoms with Crippen LogP contribution in [0.5, 0.6) is 0 Å². The van der Waals surface area contributed by atoms with E-state index in [1.807, 2.05) is 23.7 Å². The van der Waals surface area contributed by atoms with Gasteiger partial charge in [-0.05, 0) is 29.8 Å². The molecular weight excluding hydrogens is 375 g/mol. The average molecular weight is 398 g/mol. The zero-order valence-corrected chi connectivity index (χ0v) is 16.2. The highest BCUT2D eigenvalue weighted by atomic mass is 19.1. The maximum Gasteiger partial charge on any atom is 0.156 e. The number of aliphatic hydroxyl groups excluding tert-OH is 2. The Labute approximate surface area is 166 Å². The fraction of sp³-hybridized carbons (Fsp3) is 0.300. The van der Waals surface area contributed by atoms with Crippen molar-refractivity contribution in [3.63, 3.8) is 0 Å². The van der Waals surface area contributed by atoms with E-state index in [1.165, 1.54) is 12.1 Å². The number of rotatable bonds is 6. The Hall–Kier alpha value is -3.01. The number of aryl methyl sites for hydroxylation is 1. The highest BCUT2D eigenvalue weighted by Gasteiger charge is 2.21. The summed E-state index contributed by atoms with van der Waals surface area (Å²) < 4.78 is 17.9. The van der Waals surface area contributed by atoms with Crippen molar-refractivity contribution in [3.05, 3.63) is 42.0 Å². The number of nitrogens with zero attached hydrogens (tertiary/aromatic N) is 4. The quantitative estimate of drug-likeness (QED) is 0.392. The first-order valence-electron chi connectivity index (χ1n) is 9.27. The van der Waals surface area contributed by atoms with E-state index in [9.17, 15) is 14.6 Å². The van der Waals surface area contributed by atoms with Crippen molar-refractivity contribution in [2.45, 2.75) is 19.2 Å². The number of nitrogens with two attached hydrogens (primary N) is 1. The zero-order valence-electron chi connectivity index (χ0n) is 16.2. The summed E-state index contributed by atoms with van der Waals surface area (Å²) in [4.78, 5) is 9.13. The number of anilines is 1. The third-order valence-corrected chi connectivity index (χ3v) is 5.03. The third kappa shape index (κ3) is 3.23. The summed E-state index contributed by atoms with van der Waals surface area (Å²) in [7, 11) is 3.65. The Morgan fingerprint density at radius 1 is 1.28 bits per heavy atom. The molecule has 3 heterocycles. The molecule has 0 fully saturated rings. The second-order valence-corrected chi connectivity index (χ2v) is 7.03. The van der Waals surface area contributed by atoms with Gasteiger partial charge in [-0.1, -0.05) is 0 Å². The van der Waals surface area contributed by atoms with Crippen molar-refractivity contribution in [2.75, 3.05) is 19.0 Å². The van der Waals surface area contributed by atoms with Crippen LogP contribution in [0.4, 0.5) is 10.2 Å². The van der Waals surface area contributed by atoms with E-state index in [4.69, 9.17) is 10.7 Å². The van der Waals surface area contributed by atoms with Gasteiger partial charge in [0.25, 0.3) is 0 Å². The fourth-order valence-electron chi connectivity index (χ4n) is 3.70. The van der Waals surface area contributed by atoms with Crippen molar-refractivity contribution in [1.82, 2.24) is 19.1 Å². The van der Waals surface area contributed by atoms with Crippen LogP contribution in [0.25, 0.3) is 33.3 Å². The molecule has 0 aliphatic heterocycles. The molecule has 3 aromatic heterocycles. The molecule has 0 radical (unpaired) electrons. The summed E-state index contributed by atoms with van der Waals surface area (Å²) >= 11 is 0. The first-order chi connectivity index (χ1) is 14.0. The Morgan fingerprint density at radius 3 is 2.76 bits per heavy atom. The topological polar surface area (TPSA) is 114 Å². The van der Waals surface area contributed by atoms with Gasteiger partial charge in [-0.3, -0.25) is 0 Å². The molecule has 8 nitrogen and oxygen atoms in total. The van der Waals surface area contributed by atoms with Crippen LogP contribution in [0.15, 0.2) is 30.6 Å². The first kappa shape index (κ1) is 19.3. The molecule has 29 heavy (non-hydrogen) atoms. The van der Waals surface area contributed by atoms with Gasteiger partial charge in [0.2, 0.25) is 0 Å². The number of aromatic nitrogens is 4. The first-order valence-corrected chi connectivity index (χ1v) is 9.27. The van der Waals surface area contributed by atoms with E-state index in [0.717, 1.165) is 16.4 Å². The van der Waals surface area contributed by atoms with E-state index in [1.54, 1.807) is 17.9 Å². The summed E-state index contributed by atoms with van der Waals surface area (Å²) in [6, 6.07) is 6.55. The molecule has 9 heteroatoms. The molecule has 0 unspecified atom stereocenters. The second kappa shape index (κ2) is 7.43. The number of halogens is 1. The predicted molar refractivity (Wildman–Crippen MR) is 110 cm³/mol. The molecule has 0 saturated carbocycles. The third-order valence-electron chi connectivity index (χ3n) is 5.03. The lowest BCUT2D eigenvalue weighted by atomic mass is 10.1. The maximum atomic E-state index is 14.2. The van der Waals surface area contributed by atoms with Gasteiger partial charge >= 0.3 is 0 Å². The number of hydrogen-bond donors (Lipinski definition) is 4. The smallest absolute Gasteiger partial charge is 0.156 e. The van der Waals surface area contributed by atoms with Crippen molar-refractivity contribution in [1.29, 1.82) is 0 Å². The van der Waals surface area contributed by atoms with Crippen LogP contribution in [0.2, 0.25) is 0 Å². The summed E-state index contributed by atoms with van der Waals surface area (Å²) in [5, 5.41) is 23.4. The van der Waals surface area contributed by atoms with Crippen molar-refractivity contribution < 1.29 is 14.6 Å². The van der Waals surface area contributed by atoms with Crippen LogP contribution in [-0.2, 0) is 20.1 Å². The van der Waals surface area contributed by atoms with Crippen LogP contribution < -0.4 is 11.1 Å². The molecule has 0 saturated heterocycles. The largest absolute Gasteiger partial charge is 0.394 e. The van der Waals surface area contributed by atoms with E-state index in [-0.39, 0.29) is 13.1 Å². The molecular formula is C20H23FN6O2. The van der Waals surface area contributed by atoms with E-state index in [0.29, 0.717) is 28.3 Å². The summed E-state index contributed by atoms with van der Waals surface area (Å²) in [6.07, 6.45) is 0.718. The molecule has 1 atom stereocenters. The lowest BCUT2D eigenvalue weighted by Crippen LogP contribution is -2.20. The molecule has 152 valence electrons. The van der Waals surface area contributed by atoms with Gasteiger partial charge in [0, 0.05) is 31.6 Å². The highest BCUT2D eigenvalue weighted by Crippen LogP contribution is 2.35. The molecule has 4 aromatic rings. The lowest BCUT2D eigenvalue weighted by molar-refractivity contribution is 0.0824. The summed E-state index contributed by atoms with van der Waals surface area (Å²) in [6.45, 7) is -0.0924. The van der Waals surface area contributed by atoms with Crippen LogP contribution in [-0.4, -0.2) is 49.1 Å². The number of imidazole rings is 1. The minimum absolute atomic E-state index is 0.101. The second-order valence-electron chi connectivity index (χ2n) is 7.03. The van der Waals surface area contributed by atoms with Crippen molar-refractivity contribution in [2.24, 2.45) is 12.8 Å². The van der Waals surface area contributed by atoms with Gasteiger partial charge in [-0.2, -0.15) is 0 Å². The normalized spacial score (nSPS) is 12.8. The SMILES string of the molecule is CNc1nc2c(cc(-c3cc(F)cc(CN)c3)n2C[C@H](O)CO)c2c1ncn2C.